The molecule has 0 bridgehead atoms. The SMILES string of the molecule is CCN(CC)CCOc1ccc([C@H]2C[C@]3(C)C(=O)CCC3C3CCc4cc(OC(C)=O)ccc4C32)cc1. The van der Waals surface area contributed by atoms with E-state index in [1.54, 1.807) is 0 Å². The zero-order valence-corrected chi connectivity index (χ0v) is 22.8. The Bertz CT molecular complexity index is 1140. The molecule has 198 valence electrons. The number of carbonyl (C=O) groups is 2. The van der Waals surface area contributed by atoms with Gasteiger partial charge in [-0.3, -0.25) is 9.59 Å². The lowest BCUT2D eigenvalue weighted by molar-refractivity contribution is -0.132. The van der Waals surface area contributed by atoms with Crippen LogP contribution >= 0.6 is 0 Å². The summed E-state index contributed by atoms with van der Waals surface area (Å²) in [5.74, 6) is 3.28. The van der Waals surface area contributed by atoms with Gasteiger partial charge in [0.25, 0.3) is 0 Å². The van der Waals surface area contributed by atoms with Crippen LogP contribution in [0, 0.1) is 17.3 Å². The molecule has 3 unspecified atom stereocenters. The van der Waals surface area contributed by atoms with Gasteiger partial charge in [0.15, 0.2) is 0 Å². The van der Waals surface area contributed by atoms with Crippen molar-refractivity contribution in [3.8, 4) is 11.5 Å². The van der Waals surface area contributed by atoms with E-state index in [9.17, 15) is 9.59 Å². The number of aryl methyl sites for hydroxylation is 1. The molecule has 0 aromatic heterocycles. The van der Waals surface area contributed by atoms with E-state index in [1.807, 2.05) is 6.07 Å². The van der Waals surface area contributed by atoms with Crippen molar-refractivity contribution >= 4 is 11.8 Å². The maximum atomic E-state index is 13.2. The van der Waals surface area contributed by atoms with Gasteiger partial charge in [-0.25, -0.2) is 0 Å². The molecule has 5 rings (SSSR count). The van der Waals surface area contributed by atoms with Gasteiger partial charge in [0, 0.05) is 25.3 Å². The van der Waals surface area contributed by atoms with E-state index in [-0.39, 0.29) is 17.3 Å². The lowest BCUT2D eigenvalue weighted by Gasteiger charge is -2.52. The third kappa shape index (κ3) is 4.95. The van der Waals surface area contributed by atoms with E-state index in [2.05, 4.69) is 62.1 Å². The summed E-state index contributed by atoms with van der Waals surface area (Å²) >= 11 is 0. The number of rotatable bonds is 8. The second-order valence-electron chi connectivity index (χ2n) is 11.4. The van der Waals surface area contributed by atoms with Crippen molar-refractivity contribution in [1.82, 2.24) is 4.90 Å². The first kappa shape index (κ1) is 26.0. The highest BCUT2D eigenvalue weighted by molar-refractivity contribution is 5.87. The number of ether oxygens (including phenoxy) is 2. The number of esters is 1. The third-order valence-corrected chi connectivity index (χ3v) is 9.55. The summed E-state index contributed by atoms with van der Waals surface area (Å²) in [6, 6.07) is 14.8. The molecule has 0 N–H and O–H groups in total. The standard InChI is InChI=1S/C32H41NO4/c1-5-33(6-2)17-18-36-24-10-7-22(8-11-24)28-20-32(4)29(15-16-30(32)35)27-13-9-23-19-25(37-21(3)34)12-14-26(23)31(27)28/h7-8,10-12,14,19,27-29,31H,5-6,9,13,15-18,20H2,1-4H3/t27?,28-,29?,31?,32+/m1/s1. The molecule has 0 aliphatic heterocycles. The van der Waals surface area contributed by atoms with Crippen LogP contribution in [-0.2, 0) is 16.0 Å². The average Bonchev–Trinajstić information content (AvgIpc) is 3.20. The lowest BCUT2D eigenvalue weighted by Crippen LogP contribution is -2.46. The summed E-state index contributed by atoms with van der Waals surface area (Å²) in [4.78, 5) is 27.1. The van der Waals surface area contributed by atoms with Gasteiger partial charge in [-0.2, -0.15) is 0 Å². The molecule has 2 fully saturated rings. The molecule has 3 aliphatic rings. The van der Waals surface area contributed by atoms with Gasteiger partial charge >= 0.3 is 5.97 Å². The van der Waals surface area contributed by atoms with E-state index >= 15 is 0 Å². The fraction of sp³-hybridized carbons (Fsp3) is 0.562. The zero-order valence-electron chi connectivity index (χ0n) is 22.8. The molecule has 0 amide bonds. The predicted molar refractivity (Wildman–Crippen MR) is 145 cm³/mol. The summed E-state index contributed by atoms with van der Waals surface area (Å²) in [6.07, 6.45) is 4.68. The number of ketones is 1. The molecule has 0 heterocycles. The Morgan fingerprint density at radius 2 is 1.76 bits per heavy atom. The molecule has 2 aromatic carbocycles. The lowest BCUT2D eigenvalue weighted by atomic mass is 9.51. The van der Waals surface area contributed by atoms with Gasteiger partial charge in [-0.1, -0.05) is 39.0 Å². The van der Waals surface area contributed by atoms with Gasteiger partial charge < -0.3 is 14.4 Å². The molecule has 0 spiro atoms. The molecule has 2 aromatic rings. The zero-order chi connectivity index (χ0) is 26.2. The minimum absolute atomic E-state index is 0.236. The van der Waals surface area contributed by atoms with Crippen molar-refractivity contribution in [2.45, 2.75) is 71.6 Å². The number of benzene rings is 2. The smallest absolute Gasteiger partial charge is 0.308 e. The maximum absolute atomic E-state index is 13.2. The van der Waals surface area contributed by atoms with Gasteiger partial charge in [-0.15, -0.1) is 0 Å². The van der Waals surface area contributed by atoms with E-state index in [0.29, 0.717) is 42.3 Å². The van der Waals surface area contributed by atoms with Crippen LogP contribution in [0.1, 0.15) is 81.9 Å². The largest absolute Gasteiger partial charge is 0.492 e. The highest BCUT2D eigenvalue weighted by atomic mass is 16.5. The monoisotopic (exact) mass is 503 g/mol. The number of nitrogens with zero attached hydrogens (tertiary/aromatic N) is 1. The van der Waals surface area contributed by atoms with Crippen LogP contribution in [0.2, 0.25) is 0 Å². The number of hydrogen-bond acceptors (Lipinski definition) is 5. The maximum Gasteiger partial charge on any atom is 0.308 e. The number of likely N-dealkylation sites (N-methyl/N-ethyl adjacent to an activating group) is 1. The summed E-state index contributed by atoms with van der Waals surface area (Å²) in [5, 5.41) is 0. The molecule has 5 heteroatoms. The first-order valence-corrected chi connectivity index (χ1v) is 14.1. The normalized spacial score (nSPS) is 28.4. The van der Waals surface area contributed by atoms with Crippen LogP contribution in [0.25, 0.3) is 0 Å². The molecular weight excluding hydrogens is 462 g/mol. The van der Waals surface area contributed by atoms with Crippen molar-refractivity contribution in [2.24, 2.45) is 17.3 Å². The topological polar surface area (TPSA) is 55.8 Å². The van der Waals surface area contributed by atoms with E-state index < -0.39 is 0 Å². The summed E-state index contributed by atoms with van der Waals surface area (Å²) in [6.45, 7) is 11.7. The van der Waals surface area contributed by atoms with E-state index in [4.69, 9.17) is 9.47 Å². The van der Waals surface area contributed by atoms with Crippen molar-refractivity contribution in [3.63, 3.8) is 0 Å². The van der Waals surface area contributed by atoms with E-state index in [0.717, 1.165) is 51.1 Å². The van der Waals surface area contributed by atoms with Crippen LogP contribution in [0.5, 0.6) is 11.5 Å². The van der Waals surface area contributed by atoms with Crippen molar-refractivity contribution in [2.75, 3.05) is 26.2 Å². The van der Waals surface area contributed by atoms with Crippen molar-refractivity contribution in [1.29, 1.82) is 0 Å². The predicted octanol–water partition coefficient (Wildman–Crippen LogP) is 6.15. The molecule has 37 heavy (non-hydrogen) atoms. The quantitative estimate of drug-likeness (QED) is 0.319. The van der Waals surface area contributed by atoms with E-state index in [1.165, 1.54) is 23.6 Å². The summed E-state index contributed by atoms with van der Waals surface area (Å²) in [5.41, 5.74) is 3.72. The van der Waals surface area contributed by atoms with Crippen LogP contribution in [-0.4, -0.2) is 42.9 Å². The molecule has 0 radical (unpaired) electrons. The second kappa shape index (κ2) is 10.6. The Labute approximate surface area is 221 Å². The highest BCUT2D eigenvalue weighted by Crippen LogP contribution is 2.64. The van der Waals surface area contributed by atoms with Gasteiger partial charge in [0.05, 0.1) is 0 Å². The summed E-state index contributed by atoms with van der Waals surface area (Å²) < 4.78 is 11.5. The van der Waals surface area contributed by atoms with Crippen LogP contribution in [0.15, 0.2) is 42.5 Å². The summed E-state index contributed by atoms with van der Waals surface area (Å²) in [7, 11) is 0. The molecule has 5 nitrogen and oxygen atoms in total. The first-order chi connectivity index (χ1) is 17.8. The Hall–Kier alpha value is -2.66. The van der Waals surface area contributed by atoms with Gasteiger partial charge in [0.2, 0.25) is 0 Å². The Morgan fingerprint density at radius 3 is 2.46 bits per heavy atom. The van der Waals surface area contributed by atoms with Crippen LogP contribution < -0.4 is 9.47 Å². The van der Waals surface area contributed by atoms with Crippen molar-refractivity contribution in [3.05, 3.63) is 59.2 Å². The minimum Gasteiger partial charge on any atom is -0.492 e. The molecule has 2 saturated carbocycles. The molecular formula is C32H41NO4. The number of hydrogen-bond donors (Lipinski definition) is 0. The fourth-order valence-electron chi connectivity index (χ4n) is 7.65. The third-order valence-electron chi connectivity index (χ3n) is 9.55. The van der Waals surface area contributed by atoms with Crippen molar-refractivity contribution < 1.29 is 19.1 Å². The molecule has 0 saturated heterocycles. The molecule has 3 aliphatic carbocycles. The first-order valence-electron chi connectivity index (χ1n) is 14.1. The Morgan fingerprint density at radius 1 is 1.03 bits per heavy atom. The van der Waals surface area contributed by atoms with Crippen LogP contribution in [0.4, 0.5) is 0 Å². The van der Waals surface area contributed by atoms with Gasteiger partial charge in [0.1, 0.15) is 23.9 Å². The highest BCUT2D eigenvalue weighted by Gasteiger charge is 2.57. The average molecular weight is 504 g/mol. The number of carbonyl (C=O) groups excluding carboxylic acids is 2. The number of Topliss-reactive ketones (excluding diaryl/α,β-unsaturated/α-hetero) is 1. The Kier molecular flexibility index (Phi) is 7.44. The van der Waals surface area contributed by atoms with Gasteiger partial charge in [-0.05, 0) is 103 Å². The molecule has 5 atom stereocenters. The second-order valence-corrected chi connectivity index (χ2v) is 11.4. The Balaban J connectivity index is 1.44. The minimum atomic E-state index is -0.288. The fourth-order valence-corrected chi connectivity index (χ4v) is 7.65. The van der Waals surface area contributed by atoms with Crippen LogP contribution in [0.3, 0.4) is 0 Å². The number of fused-ring (bicyclic) bond motifs is 5.